The van der Waals surface area contributed by atoms with Crippen molar-refractivity contribution in [2.75, 3.05) is 11.6 Å². The van der Waals surface area contributed by atoms with Crippen LogP contribution >= 0.6 is 0 Å². The van der Waals surface area contributed by atoms with Crippen LogP contribution in [0.2, 0.25) is 0 Å². The van der Waals surface area contributed by atoms with E-state index in [1.54, 1.807) is 83.8 Å². The SMILES string of the molecule is O=C(O)c1cccc(Oc2ccc3c(c2)c(=O)ncn3Cc2c(F)cc(F)cc2F)c1.O=C1NCN(Cc2c(F)cc(F)cc2F)c2ccc(Oc3cccc(CO)c3)cc21.O=c1ncn(Cc2c(F)cc(F)cc2F)c2ccc(Oc3cccc(CO)c3)cc12. The van der Waals surface area contributed by atoms with E-state index in [0.717, 1.165) is 6.33 Å². The molecule has 25 heteroatoms. The van der Waals surface area contributed by atoms with E-state index < -0.39 is 69.4 Å². The molecule has 0 atom stereocenters. The van der Waals surface area contributed by atoms with Crippen LogP contribution in [0.5, 0.6) is 34.5 Å². The molecular weight excluding hydrogens is 1210 g/mol. The topological polar surface area (TPSA) is 208 Å². The highest BCUT2D eigenvalue weighted by Crippen LogP contribution is 2.34. The zero-order valence-corrected chi connectivity index (χ0v) is 46.8. The van der Waals surface area contributed by atoms with E-state index in [0.29, 0.717) is 87.2 Å². The highest BCUT2D eigenvalue weighted by Gasteiger charge is 2.26. The fourth-order valence-corrected chi connectivity index (χ4v) is 9.50. The average molecular weight is 1250 g/mol. The Kier molecular flexibility index (Phi) is 18.9. The smallest absolute Gasteiger partial charge is 0.335 e. The van der Waals surface area contributed by atoms with E-state index in [4.69, 9.17) is 19.3 Å². The number of nitrogens with zero attached hydrogens (tertiary/aromatic N) is 5. The van der Waals surface area contributed by atoms with Crippen molar-refractivity contribution < 1.29 is 78.6 Å². The Morgan fingerprint density at radius 1 is 0.462 bits per heavy atom. The second kappa shape index (κ2) is 27.4. The first-order chi connectivity index (χ1) is 43.7. The van der Waals surface area contributed by atoms with E-state index in [2.05, 4.69) is 15.3 Å². The predicted molar refractivity (Wildman–Crippen MR) is 312 cm³/mol. The van der Waals surface area contributed by atoms with Gasteiger partial charge in [-0.25, -0.2) is 44.3 Å². The van der Waals surface area contributed by atoms with Gasteiger partial charge >= 0.3 is 5.97 Å². The van der Waals surface area contributed by atoms with Crippen molar-refractivity contribution in [3.63, 3.8) is 0 Å². The average Bonchev–Trinajstić information content (AvgIpc) is 1.03. The van der Waals surface area contributed by atoms with Gasteiger partial charge in [0.05, 0.1) is 90.8 Å². The zero-order valence-electron chi connectivity index (χ0n) is 46.8. The van der Waals surface area contributed by atoms with E-state index in [9.17, 15) is 68.9 Å². The lowest BCUT2D eigenvalue weighted by Crippen LogP contribution is -2.43. The molecule has 11 aromatic rings. The van der Waals surface area contributed by atoms with Gasteiger partial charge in [0.1, 0.15) is 86.9 Å². The number of amides is 1. The molecule has 0 bridgehead atoms. The maximum atomic E-state index is 14.1. The molecule has 0 saturated heterocycles. The molecule has 0 radical (unpaired) electrons. The molecule has 1 amide bonds. The molecule has 12 rings (SSSR count). The first-order valence-electron chi connectivity index (χ1n) is 27.0. The number of benzene rings is 9. The predicted octanol–water partition coefficient (Wildman–Crippen LogP) is 12.6. The number of ether oxygens (including phenoxy) is 3. The first-order valence-corrected chi connectivity index (χ1v) is 27.0. The zero-order chi connectivity index (χ0) is 64.6. The highest BCUT2D eigenvalue weighted by molar-refractivity contribution is 6.02. The van der Waals surface area contributed by atoms with Gasteiger partial charge in [-0.15, -0.1) is 0 Å². The summed E-state index contributed by atoms with van der Waals surface area (Å²) in [4.78, 5) is 57.0. The van der Waals surface area contributed by atoms with E-state index in [1.165, 1.54) is 64.0 Å². The largest absolute Gasteiger partial charge is 0.478 e. The molecule has 91 heavy (non-hydrogen) atoms. The molecule has 3 heterocycles. The third kappa shape index (κ3) is 14.8. The molecule has 2 aromatic heterocycles. The monoisotopic (exact) mass is 1250 g/mol. The lowest BCUT2D eigenvalue weighted by atomic mass is 10.1. The molecule has 9 aromatic carbocycles. The number of aromatic nitrogens is 4. The van der Waals surface area contributed by atoms with Crippen molar-refractivity contribution in [2.45, 2.75) is 32.8 Å². The molecule has 0 aliphatic carbocycles. The second-order valence-corrected chi connectivity index (χ2v) is 20.0. The summed E-state index contributed by atoms with van der Waals surface area (Å²) < 4.78 is 144. The van der Waals surface area contributed by atoms with Crippen LogP contribution in [0.25, 0.3) is 21.8 Å². The summed E-state index contributed by atoms with van der Waals surface area (Å²) >= 11 is 0. The molecule has 4 N–H and O–H groups in total. The van der Waals surface area contributed by atoms with Gasteiger partial charge in [-0.2, -0.15) is 9.97 Å². The Hall–Kier alpha value is -11.3. The summed E-state index contributed by atoms with van der Waals surface area (Å²) in [5.74, 6) is -8.44. The number of rotatable bonds is 15. The molecule has 462 valence electrons. The Balaban J connectivity index is 0.000000150. The van der Waals surface area contributed by atoms with E-state index >= 15 is 0 Å². The van der Waals surface area contributed by atoms with Gasteiger partial charge in [-0.3, -0.25) is 14.4 Å². The summed E-state index contributed by atoms with van der Waals surface area (Å²) in [6, 6.07) is 37.0. The number of halogens is 9. The second-order valence-electron chi connectivity index (χ2n) is 20.0. The fourth-order valence-electron chi connectivity index (χ4n) is 9.50. The van der Waals surface area contributed by atoms with Crippen LogP contribution in [0.1, 0.15) is 48.5 Å². The number of carboxylic acids is 1. The van der Waals surface area contributed by atoms with Gasteiger partial charge in [-0.1, -0.05) is 30.3 Å². The molecule has 1 aliphatic rings. The first kappa shape index (κ1) is 62.7. The number of carbonyl (C=O) groups is 2. The number of fused-ring (bicyclic) bond motifs is 3. The van der Waals surface area contributed by atoms with Gasteiger partial charge in [-0.05, 0) is 108 Å². The van der Waals surface area contributed by atoms with Crippen molar-refractivity contribution in [3.8, 4) is 34.5 Å². The van der Waals surface area contributed by atoms with Crippen LogP contribution in [0.15, 0.2) is 186 Å². The van der Waals surface area contributed by atoms with Gasteiger partial charge in [0.15, 0.2) is 0 Å². The van der Waals surface area contributed by atoms with Crippen LogP contribution < -0.4 is 35.5 Å². The van der Waals surface area contributed by atoms with Gasteiger partial charge in [0.2, 0.25) is 0 Å². The summed E-state index contributed by atoms with van der Waals surface area (Å²) in [6.07, 6.45) is 2.32. The van der Waals surface area contributed by atoms with Crippen LogP contribution in [-0.2, 0) is 32.8 Å². The summed E-state index contributed by atoms with van der Waals surface area (Å²) in [7, 11) is 0. The standard InChI is InChI=1S/C22H13F3N2O4.C22H17F3N2O3.C22H15F3N2O3/c23-13-7-18(24)17(19(25)8-13)10-27-11-26-21(28)16-9-15(4-5-20(16)27)31-14-3-1-2-12(6-14)22(29)30;2*23-14-7-19(24)18(20(25)8-14)10-27-12-26-22(29)17-9-16(4-5-21(17)27)30-15-3-1-2-13(6-15)11-28/h1-9,11H,10H2,(H,29,30);1-9,28H,10-12H2,(H,26,29);1-9,12,28H,10-11H2. The van der Waals surface area contributed by atoms with Crippen LogP contribution in [0, 0.1) is 52.4 Å². The number of aliphatic hydroxyl groups is 2. The minimum Gasteiger partial charge on any atom is -0.478 e. The van der Waals surface area contributed by atoms with Crippen LogP contribution in [-0.4, -0.2) is 53.0 Å². The number of aliphatic hydroxyl groups excluding tert-OH is 2. The van der Waals surface area contributed by atoms with Crippen molar-refractivity contribution in [1.82, 2.24) is 24.4 Å². The van der Waals surface area contributed by atoms with Gasteiger partial charge in [0, 0.05) is 53.1 Å². The third-order valence-corrected chi connectivity index (χ3v) is 13.9. The Labute approximate surface area is 508 Å². The van der Waals surface area contributed by atoms with Crippen LogP contribution in [0.3, 0.4) is 0 Å². The minimum absolute atomic E-state index is 0.0330. The number of hydrogen-bond donors (Lipinski definition) is 4. The van der Waals surface area contributed by atoms with E-state index in [-0.39, 0.29) is 95.5 Å². The van der Waals surface area contributed by atoms with Crippen molar-refractivity contribution >= 4 is 39.4 Å². The number of aromatic carboxylic acids is 1. The number of anilines is 1. The number of nitrogens with one attached hydrogen (secondary N) is 1. The van der Waals surface area contributed by atoms with Crippen LogP contribution in [0.4, 0.5) is 45.2 Å². The Bertz CT molecular complexity index is 4680. The van der Waals surface area contributed by atoms with Gasteiger partial charge < -0.3 is 48.9 Å². The summed E-state index contributed by atoms with van der Waals surface area (Å²) in [5.41, 5.74) is 0.710. The molecular formula is C66H45F9N6O10. The number of carboxylic acid groups (broad SMARTS) is 1. The molecule has 0 saturated carbocycles. The Morgan fingerprint density at radius 3 is 1.27 bits per heavy atom. The quantitative estimate of drug-likeness (QED) is 0.0706. The molecule has 1 aliphatic heterocycles. The third-order valence-electron chi connectivity index (χ3n) is 13.9. The summed E-state index contributed by atoms with van der Waals surface area (Å²) in [6.45, 7) is -1.01. The van der Waals surface area contributed by atoms with Crippen molar-refractivity contribution in [2.24, 2.45) is 0 Å². The lowest BCUT2D eigenvalue weighted by molar-refractivity contribution is 0.0696. The molecule has 0 fully saturated rings. The van der Waals surface area contributed by atoms with Crippen molar-refractivity contribution in [3.05, 3.63) is 288 Å². The molecule has 0 unspecified atom stereocenters. The van der Waals surface area contributed by atoms with E-state index in [1.807, 2.05) is 0 Å². The molecule has 16 nitrogen and oxygen atoms in total. The van der Waals surface area contributed by atoms with Crippen molar-refractivity contribution in [1.29, 1.82) is 0 Å². The Morgan fingerprint density at radius 2 is 0.846 bits per heavy atom. The highest BCUT2D eigenvalue weighted by atomic mass is 19.2. The number of carbonyl (C=O) groups excluding carboxylic acids is 1. The molecule has 0 spiro atoms. The number of hydrogen-bond acceptors (Lipinski definition) is 12. The summed E-state index contributed by atoms with van der Waals surface area (Å²) in [5, 5.41) is 30.5. The van der Waals surface area contributed by atoms with Gasteiger partial charge in [0.25, 0.3) is 17.0 Å². The maximum absolute atomic E-state index is 14.1. The minimum atomic E-state index is -1.11. The fraction of sp³-hybridized carbons (Fsp3) is 0.0909. The maximum Gasteiger partial charge on any atom is 0.335 e. The lowest BCUT2D eigenvalue weighted by Gasteiger charge is -2.31. The normalized spacial score (nSPS) is 11.7.